The number of fused-ring (bicyclic) bond motifs is 1. The highest BCUT2D eigenvalue weighted by molar-refractivity contribution is 5.78. The van der Waals surface area contributed by atoms with Crippen molar-refractivity contribution in [1.82, 2.24) is 19.8 Å². The highest BCUT2D eigenvalue weighted by atomic mass is 16.5. The average molecular weight is 393 g/mol. The van der Waals surface area contributed by atoms with Gasteiger partial charge < -0.3 is 10.1 Å². The van der Waals surface area contributed by atoms with Gasteiger partial charge in [-0.3, -0.25) is 14.3 Å². The van der Waals surface area contributed by atoms with E-state index in [9.17, 15) is 4.79 Å². The molecule has 1 saturated heterocycles. The van der Waals surface area contributed by atoms with Crippen LogP contribution in [0.25, 0.3) is 16.6 Å². The van der Waals surface area contributed by atoms with Gasteiger partial charge in [0.1, 0.15) is 11.6 Å². The fourth-order valence-electron chi connectivity index (χ4n) is 4.06. The fraction of sp³-hybridized carbons (Fsp3) is 0.391. The van der Waals surface area contributed by atoms with Crippen molar-refractivity contribution in [3.8, 4) is 11.4 Å². The molecule has 0 spiro atoms. The van der Waals surface area contributed by atoms with Gasteiger partial charge in [-0.2, -0.15) is 0 Å². The molecule has 0 bridgehead atoms. The summed E-state index contributed by atoms with van der Waals surface area (Å²) < 4.78 is 7.59. The fourth-order valence-corrected chi connectivity index (χ4v) is 4.06. The Labute approximate surface area is 171 Å². The smallest absolute Gasteiger partial charge is 0.266 e. The Balaban J connectivity index is 1.94. The van der Waals surface area contributed by atoms with Crippen molar-refractivity contribution < 1.29 is 4.74 Å². The van der Waals surface area contributed by atoms with Crippen LogP contribution in [0.1, 0.15) is 32.6 Å². The van der Waals surface area contributed by atoms with Crippen LogP contribution in [0.4, 0.5) is 0 Å². The molecule has 2 unspecified atom stereocenters. The molecule has 1 aliphatic heterocycles. The monoisotopic (exact) mass is 392 g/mol. The molecule has 1 aromatic heterocycles. The molecule has 6 heteroatoms. The number of piperazine rings is 1. The number of nitrogens with one attached hydrogen (secondary N) is 1. The molecule has 0 amide bonds. The lowest BCUT2D eigenvalue weighted by molar-refractivity contribution is 0.151. The summed E-state index contributed by atoms with van der Waals surface area (Å²) >= 11 is 0. The van der Waals surface area contributed by atoms with Crippen LogP contribution in [-0.4, -0.2) is 46.7 Å². The van der Waals surface area contributed by atoms with E-state index >= 15 is 0 Å². The molecule has 1 aliphatic rings. The summed E-state index contributed by atoms with van der Waals surface area (Å²) in [5.41, 5.74) is 1.41. The summed E-state index contributed by atoms with van der Waals surface area (Å²) in [5.74, 6) is 1.44. The molecule has 1 N–H and O–H groups in total. The lowest BCUT2D eigenvalue weighted by Gasteiger charge is -2.36. The maximum atomic E-state index is 13.6. The van der Waals surface area contributed by atoms with E-state index in [0.29, 0.717) is 23.8 Å². The van der Waals surface area contributed by atoms with Gasteiger partial charge in [0.05, 0.1) is 29.2 Å². The van der Waals surface area contributed by atoms with Gasteiger partial charge in [0.25, 0.3) is 5.56 Å². The predicted molar refractivity (Wildman–Crippen MR) is 116 cm³/mol. The van der Waals surface area contributed by atoms with E-state index in [1.165, 1.54) is 0 Å². The molecule has 1 fully saturated rings. The van der Waals surface area contributed by atoms with Gasteiger partial charge in [-0.05, 0) is 45.0 Å². The van der Waals surface area contributed by atoms with Crippen molar-refractivity contribution in [1.29, 1.82) is 0 Å². The zero-order valence-electron chi connectivity index (χ0n) is 17.3. The molecule has 4 rings (SSSR count). The second-order valence-corrected chi connectivity index (χ2v) is 7.55. The lowest BCUT2D eigenvalue weighted by atomic mass is 10.1. The van der Waals surface area contributed by atoms with Gasteiger partial charge in [-0.1, -0.05) is 24.3 Å². The van der Waals surface area contributed by atoms with Gasteiger partial charge in [0, 0.05) is 25.7 Å². The quantitative estimate of drug-likeness (QED) is 0.723. The zero-order chi connectivity index (χ0) is 20.4. The van der Waals surface area contributed by atoms with E-state index in [-0.39, 0.29) is 11.6 Å². The van der Waals surface area contributed by atoms with Crippen molar-refractivity contribution in [3.63, 3.8) is 0 Å². The van der Waals surface area contributed by atoms with Crippen LogP contribution in [0.15, 0.2) is 53.3 Å². The first-order valence-corrected chi connectivity index (χ1v) is 10.3. The van der Waals surface area contributed by atoms with Gasteiger partial charge in [0.15, 0.2) is 0 Å². The van der Waals surface area contributed by atoms with E-state index in [1.54, 1.807) is 4.57 Å². The standard InChI is InChI=1S/C23H28N4O2/c1-4-29-21-12-8-7-11-20(21)27-22(17(3)26-14-13-24-16(2)15-26)25-19-10-6-5-9-18(19)23(27)28/h5-12,16-17,24H,4,13-15H2,1-3H3. The predicted octanol–water partition coefficient (Wildman–Crippen LogP) is 3.14. The minimum absolute atomic E-state index is 0.00783. The number of benzene rings is 2. The molecule has 2 heterocycles. The number of hydrogen-bond acceptors (Lipinski definition) is 5. The molecular formula is C23H28N4O2. The van der Waals surface area contributed by atoms with Crippen LogP contribution >= 0.6 is 0 Å². The van der Waals surface area contributed by atoms with Gasteiger partial charge >= 0.3 is 0 Å². The van der Waals surface area contributed by atoms with Crippen LogP contribution in [-0.2, 0) is 0 Å². The van der Waals surface area contributed by atoms with E-state index in [0.717, 1.165) is 36.7 Å². The van der Waals surface area contributed by atoms with Crippen molar-refractivity contribution in [2.45, 2.75) is 32.9 Å². The molecule has 3 aromatic rings. The Kier molecular flexibility index (Phi) is 5.65. The Hall–Kier alpha value is -2.70. The number of rotatable bonds is 5. The first-order chi connectivity index (χ1) is 14.1. The number of ether oxygens (including phenoxy) is 1. The van der Waals surface area contributed by atoms with E-state index < -0.39 is 0 Å². The third-order valence-corrected chi connectivity index (χ3v) is 5.53. The number of aromatic nitrogens is 2. The molecule has 6 nitrogen and oxygen atoms in total. The molecule has 2 atom stereocenters. The van der Waals surface area contributed by atoms with Crippen LogP contribution in [0, 0.1) is 0 Å². The van der Waals surface area contributed by atoms with Crippen LogP contribution in [0.3, 0.4) is 0 Å². The highest BCUT2D eigenvalue weighted by Crippen LogP contribution is 2.28. The summed E-state index contributed by atoms with van der Waals surface area (Å²) in [6, 6.07) is 15.6. The normalized spacial score (nSPS) is 18.7. The first-order valence-electron chi connectivity index (χ1n) is 10.3. The van der Waals surface area contributed by atoms with E-state index in [2.05, 4.69) is 24.1 Å². The van der Waals surface area contributed by atoms with Crippen molar-refractivity contribution in [2.24, 2.45) is 0 Å². The molecule has 29 heavy (non-hydrogen) atoms. The molecule has 2 aromatic carbocycles. The minimum Gasteiger partial charge on any atom is -0.492 e. The van der Waals surface area contributed by atoms with Crippen LogP contribution < -0.4 is 15.6 Å². The molecule has 0 saturated carbocycles. The van der Waals surface area contributed by atoms with E-state index in [1.807, 2.05) is 55.5 Å². The Morgan fingerprint density at radius 2 is 1.97 bits per heavy atom. The third-order valence-electron chi connectivity index (χ3n) is 5.53. The maximum Gasteiger partial charge on any atom is 0.266 e. The number of para-hydroxylation sites is 3. The maximum absolute atomic E-state index is 13.6. The second kappa shape index (κ2) is 8.35. The van der Waals surface area contributed by atoms with Crippen molar-refractivity contribution >= 4 is 10.9 Å². The summed E-state index contributed by atoms with van der Waals surface area (Å²) in [6.45, 7) is 9.56. The highest BCUT2D eigenvalue weighted by Gasteiger charge is 2.27. The number of nitrogens with zero attached hydrogens (tertiary/aromatic N) is 3. The Morgan fingerprint density at radius 3 is 2.76 bits per heavy atom. The van der Waals surface area contributed by atoms with E-state index in [4.69, 9.17) is 9.72 Å². The third kappa shape index (κ3) is 3.78. The van der Waals surface area contributed by atoms with Crippen molar-refractivity contribution in [2.75, 3.05) is 26.2 Å². The summed E-state index contributed by atoms with van der Waals surface area (Å²) in [7, 11) is 0. The Bertz CT molecular complexity index is 1060. The number of hydrogen-bond donors (Lipinski definition) is 1. The molecule has 0 radical (unpaired) electrons. The van der Waals surface area contributed by atoms with Crippen molar-refractivity contribution in [3.05, 3.63) is 64.7 Å². The molecule has 152 valence electrons. The summed E-state index contributed by atoms with van der Waals surface area (Å²) in [6.07, 6.45) is 0. The Morgan fingerprint density at radius 1 is 1.21 bits per heavy atom. The van der Waals surface area contributed by atoms with Gasteiger partial charge in [-0.15, -0.1) is 0 Å². The topological polar surface area (TPSA) is 59.4 Å². The molecule has 0 aliphatic carbocycles. The summed E-state index contributed by atoms with van der Waals surface area (Å²) in [5, 5.41) is 4.10. The first kappa shape index (κ1) is 19.6. The second-order valence-electron chi connectivity index (χ2n) is 7.55. The largest absolute Gasteiger partial charge is 0.492 e. The van der Waals surface area contributed by atoms with Crippen LogP contribution in [0.2, 0.25) is 0 Å². The van der Waals surface area contributed by atoms with Gasteiger partial charge in [0.2, 0.25) is 0 Å². The average Bonchev–Trinajstić information content (AvgIpc) is 2.74. The minimum atomic E-state index is -0.0622. The van der Waals surface area contributed by atoms with Crippen LogP contribution in [0.5, 0.6) is 5.75 Å². The summed E-state index contributed by atoms with van der Waals surface area (Å²) in [4.78, 5) is 20.9. The zero-order valence-corrected chi connectivity index (χ0v) is 17.3. The van der Waals surface area contributed by atoms with Gasteiger partial charge in [-0.25, -0.2) is 4.98 Å². The molecular weight excluding hydrogens is 364 g/mol. The SMILES string of the molecule is CCOc1ccccc1-n1c(C(C)N2CCNC(C)C2)nc2ccccc2c1=O. The lowest BCUT2D eigenvalue weighted by Crippen LogP contribution is -2.50.